The summed E-state index contributed by atoms with van der Waals surface area (Å²) in [6.45, 7) is 1.73. The molecule has 1 rings (SSSR count). The molecule has 1 aromatic rings. The molecule has 0 saturated carbocycles. The third-order valence-corrected chi connectivity index (χ3v) is 1.87. The van der Waals surface area contributed by atoms with Crippen molar-refractivity contribution in [1.29, 1.82) is 5.26 Å². The van der Waals surface area contributed by atoms with Gasteiger partial charge in [0, 0.05) is 25.9 Å². The molecule has 14 heavy (non-hydrogen) atoms. The van der Waals surface area contributed by atoms with E-state index in [9.17, 15) is 4.79 Å². The van der Waals surface area contributed by atoms with E-state index in [1.807, 2.05) is 0 Å². The zero-order valence-electron chi connectivity index (χ0n) is 8.40. The van der Waals surface area contributed by atoms with Crippen molar-refractivity contribution in [2.24, 2.45) is 0 Å². The van der Waals surface area contributed by atoms with Crippen LogP contribution in [0.1, 0.15) is 18.5 Å². The van der Waals surface area contributed by atoms with Gasteiger partial charge in [-0.05, 0) is 6.92 Å². The molecule has 1 atom stereocenters. The fourth-order valence-corrected chi connectivity index (χ4v) is 0.995. The van der Waals surface area contributed by atoms with Gasteiger partial charge < -0.3 is 9.88 Å². The number of nitriles is 1. The second kappa shape index (κ2) is 3.92. The Morgan fingerprint density at radius 3 is 2.79 bits per heavy atom. The van der Waals surface area contributed by atoms with Crippen LogP contribution in [-0.2, 0) is 0 Å². The number of nitrogens with zero attached hydrogens (tertiary/aromatic N) is 3. The average Bonchev–Trinajstić information content (AvgIpc) is 2.15. The lowest BCUT2D eigenvalue weighted by Gasteiger charge is -2.12. The number of hydrogen-bond acceptors (Lipinski definition) is 4. The fraction of sp³-hybridized carbons (Fsp3) is 0.444. The topological polar surface area (TPSA) is 72.8 Å². The van der Waals surface area contributed by atoms with Crippen molar-refractivity contribution >= 4 is 5.82 Å². The summed E-state index contributed by atoms with van der Waals surface area (Å²) in [6.07, 6.45) is 0. The molecule has 0 aromatic carbocycles. The molecule has 0 aliphatic carbocycles. The highest BCUT2D eigenvalue weighted by Gasteiger charge is 2.08. The lowest BCUT2D eigenvalue weighted by molar-refractivity contribution is 0.870. The zero-order chi connectivity index (χ0) is 10.7. The predicted octanol–water partition coefficient (Wildman–Crippen LogP) is 0.463. The Morgan fingerprint density at radius 2 is 2.29 bits per heavy atom. The van der Waals surface area contributed by atoms with Crippen LogP contribution in [0.2, 0.25) is 0 Å². The number of nitrogens with one attached hydrogen (secondary N) is 1. The fourth-order valence-electron chi connectivity index (χ4n) is 0.995. The average molecular weight is 192 g/mol. The summed E-state index contributed by atoms with van der Waals surface area (Å²) in [5.74, 6) is 0.232. The largest absolute Gasteiger partial charge is 0.363 e. The Balaban J connectivity index is 3.22. The minimum atomic E-state index is -0.423. The molecular weight excluding hydrogens is 180 g/mol. The minimum Gasteiger partial charge on any atom is -0.363 e. The highest BCUT2D eigenvalue weighted by atomic mass is 16.1. The summed E-state index contributed by atoms with van der Waals surface area (Å²) >= 11 is 0. The van der Waals surface area contributed by atoms with Gasteiger partial charge in [-0.3, -0.25) is 0 Å². The molecule has 0 saturated heterocycles. The van der Waals surface area contributed by atoms with Crippen LogP contribution in [0, 0.1) is 11.3 Å². The van der Waals surface area contributed by atoms with E-state index in [1.54, 1.807) is 32.0 Å². The Kier molecular flexibility index (Phi) is 2.87. The molecule has 1 unspecified atom stereocenters. The number of H-pyrrole nitrogens is 1. The molecule has 5 heteroatoms. The standard InChI is InChI=1S/C9H12N4O/c1-6(5-10)7-4-8(13(2)3)12-9(14)11-7/h4,6H,1-3H3,(H,11,12,14). The molecule has 5 nitrogen and oxygen atoms in total. The maximum absolute atomic E-state index is 11.1. The van der Waals surface area contributed by atoms with Crippen LogP contribution < -0.4 is 10.6 Å². The first-order valence-electron chi connectivity index (χ1n) is 4.23. The molecule has 0 bridgehead atoms. The van der Waals surface area contributed by atoms with E-state index in [0.29, 0.717) is 11.5 Å². The van der Waals surface area contributed by atoms with Crippen molar-refractivity contribution in [3.05, 3.63) is 22.2 Å². The highest BCUT2D eigenvalue weighted by molar-refractivity contribution is 5.38. The SMILES string of the molecule is CC(C#N)c1cc(N(C)C)nc(=O)[nH]1. The first-order chi connectivity index (χ1) is 6.54. The van der Waals surface area contributed by atoms with Gasteiger partial charge in [-0.2, -0.15) is 10.2 Å². The molecule has 0 fully saturated rings. The lowest BCUT2D eigenvalue weighted by Crippen LogP contribution is -2.20. The van der Waals surface area contributed by atoms with Gasteiger partial charge in [-0.25, -0.2) is 4.79 Å². The Labute approximate surface area is 82.0 Å². The maximum Gasteiger partial charge on any atom is 0.347 e. The van der Waals surface area contributed by atoms with Gasteiger partial charge in [0.1, 0.15) is 5.82 Å². The minimum absolute atomic E-state index is 0.329. The number of aromatic nitrogens is 2. The van der Waals surface area contributed by atoms with E-state index < -0.39 is 5.69 Å². The maximum atomic E-state index is 11.1. The molecule has 0 amide bonds. The van der Waals surface area contributed by atoms with Crippen LogP contribution >= 0.6 is 0 Å². The van der Waals surface area contributed by atoms with Crippen LogP contribution in [0.15, 0.2) is 10.9 Å². The Morgan fingerprint density at radius 1 is 1.64 bits per heavy atom. The third kappa shape index (κ3) is 2.10. The van der Waals surface area contributed by atoms with E-state index in [0.717, 1.165) is 0 Å². The van der Waals surface area contributed by atoms with E-state index in [1.165, 1.54) is 0 Å². The summed E-state index contributed by atoms with van der Waals surface area (Å²) in [5, 5.41) is 8.70. The van der Waals surface area contributed by atoms with Crippen LogP contribution in [0.4, 0.5) is 5.82 Å². The van der Waals surface area contributed by atoms with Gasteiger partial charge in [0.2, 0.25) is 0 Å². The molecule has 1 aromatic heterocycles. The smallest absolute Gasteiger partial charge is 0.347 e. The number of rotatable bonds is 2. The van der Waals surface area contributed by atoms with Crippen molar-refractivity contribution in [2.75, 3.05) is 19.0 Å². The second-order valence-corrected chi connectivity index (χ2v) is 3.25. The summed E-state index contributed by atoms with van der Waals surface area (Å²) in [5.41, 5.74) is 0.171. The van der Waals surface area contributed by atoms with Crippen LogP contribution in [-0.4, -0.2) is 24.1 Å². The normalized spacial score (nSPS) is 11.9. The second-order valence-electron chi connectivity index (χ2n) is 3.25. The summed E-state index contributed by atoms with van der Waals surface area (Å²) in [6, 6.07) is 3.76. The first kappa shape index (κ1) is 10.3. The van der Waals surface area contributed by atoms with E-state index in [4.69, 9.17) is 5.26 Å². The molecule has 0 radical (unpaired) electrons. The molecule has 0 spiro atoms. The van der Waals surface area contributed by atoms with Gasteiger partial charge in [0.25, 0.3) is 0 Å². The zero-order valence-corrected chi connectivity index (χ0v) is 8.40. The van der Waals surface area contributed by atoms with E-state index in [-0.39, 0.29) is 5.92 Å². The summed E-state index contributed by atoms with van der Waals surface area (Å²) < 4.78 is 0. The monoisotopic (exact) mass is 192 g/mol. The molecular formula is C9H12N4O. The van der Waals surface area contributed by atoms with Crippen LogP contribution in [0.3, 0.4) is 0 Å². The molecule has 0 aliphatic rings. The Hall–Kier alpha value is -1.83. The third-order valence-electron chi connectivity index (χ3n) is 1.87. The van der Waals surface area contributed by atoms with E-state index >= 15 is 0 Å². The van der Waals surface area contributed by atoms with Gasteiger partial charge in [0.15, 0.2) is 0 Å². The van der Waals surface area contributed by atoms with Crippen molar-refractivity contribution in [3.8, 4) is 6.07 Å². The predicted molar refractivity (Wildman–Crippen MR) is 53.2 cm³/mol. The van der Waals surface area contributed by atoms with Gasteiger partial charge in [-0.1, -0.05) is 0 Å². The van der Waals surface area contributed by atoms with Gasteiger partial charge in [-0.15, -0.1) is 0 Å². The number of hydrogen-bond donors (Lipinski definition) is 1. The first-order valence-corrected chi connectivity index (χ1v) is 4.23. The highest BCUT2D eigenvalue weighted by Crippen LogP contribution is 2.13. The molecule has 0 aliphatic heterocycles. The molecule has 1 heterocycles. The van der Waals surface area contributed by atoms with Crippen LogP contribution in [0.25, 0.3) is 0 Å². The number of aromatic amines is 1. The van der Waals surface area contributed by atoms with Crippen LogP contribution in [0.5, 0.6) is 0 Å². The lowest BCUT2D eigenvalue weighted by atomic mass is 10.1. The summed E-state index contributed by atoms with van der Waals surface area (Å²) in [4.78, 5) is 19.2. The van der Waals surface area contributed by atoms with Crippen molar-refractivity contribution in [3.63, 3.8) is 0 Å². The van der Waals surface area contributed by atoms with Gasteiger partial charge in [0.05, 0.1) is 12.0 Å². The molecule has 74 valence electrons. The Bertz CT molecular complexity index is 416. The van der Waals surface area contributed by atoms with Crippen molar-refractivity contribution < 1.29 is 0 Å². The quantitative estimate of drug-likeness (QED) is 0.739. The van der Waals surface area contributed by atoms with Crippen molar-refractivity contribution in [2.45, 2.75) is 12.8 Å². The van der Waals surface area contributed by atoms with Gasteiger partial charge >= 0.3 is 5.69 Å². The van der Waals surface area contributed by atoms with Crippen molar-refractivity contribution in [1.82, 2.24) is 9.97 Å². The molecule has 1 N–H and O–H groups in total. The van der Waals surface area contributed by atoms with E-state index in [2.05, 4.69) is 16.0 Å². The summed E-state index contributed by atoms with van der Waals surface area (Å²) in [7, 11) is 3.59. The number of anilines is 1.